The van der Waals surface area contributed by atoms with Gasteiger partial charge in [-0.05, 0) is 23.8 Å². The smallest absolute Gasteiger partial charge is 0.247 e. The molecule has 0 atom stereocenters. The van der Waals surface area contributed by atoms with E-state index in [1.165, 1.54) is 11.0 Å². The zero-order valence-corrected chi connectivity index (χ0v) is 11.5. The van der Waals surface area contributed by atoms with Crippen molar-refractivity contribution in [3.63, 3.8) is 0 Å². The lowest BCUT2D eigenvalue weighted by atomic mass is 10.2. The van der Waals surface area contributed by atoms with Gasteiger partial charge in [0.1, 0.15) is 0 Å². The van der Waals surface area contributed by atoms with Gasteiger partial charge in [-0.2, -0.15) is 0 Å². The lowest BCUT2D eigenvalue weighted by molar-refractivity contribution is -0.134. The summed E-state index contributed by atoms with van der Waals surface area (Å²) >= 11 is 11.8. The second-order valence-electron chi connectivity index (χ2n) is 4.11. The molecule has 1 saturated heterocycles. The summed E-state index contributed by atoms with van der Waals surface area (Å²) in [6, 6.07) is 5.05. The predicted molar refractivity (Wildman–Crippen MR) is 75.1 cm³/mol. The molecule has 1 N–H and O–H groups in total. The molecule has 0 bridgehead atoms. The number of amides is 2. The van der Waals surface area contributed by atoms with Gasteiger partial charge in [-0.1, -0.05) is 29.3 Å². The average Bonchev–Trinajstić information content (AvgIpc) is 2.37. The lowest BCUT2D eigenvalue weighted by Crippen LogP contribution is -2.49. The molecule has 19 heavy (non-hydrogen) atoms. The van der Waals surface area contributed by atoms with Gasteiger partial charge in [-0.15, -0.1) is 0 Å². The van der Waals surface area contributed by atoms with Gasteiger partial charge in [-0.3, -0.25) is 9.59 Å². The first-order valence-electron chi connectivity index (χ1n) is 5.75. The Morgan fingerprint density at radius 2 is 2.16 bits per heavy atom. The van der Waals surface area contributed by atoms with E-state index in [-0.39, 0.29) is 18.4 Å². The Labute approximate surface area is 121 Å². The molecule has 0 unspecified atom stereocenters. The number of nitrogens with zero attached hydrogens (tertiary/aromatic N) is 1. The first-order valence-corrected chi connectivity index (χ1v) is 6.50. The highest BCUT2D eigenvalue weighted by Gasteiger charge is 2.18. The number of carbonyl (C=O) groups is 2. The van der Waals surface area contributed by atoms with E-state index < -0.39 is 0 Å². The van der Waals surface area contributed by atoms with Gasteiger partial charge < -0.3 is 10.2 Å². The van der Waals surface area contributed by atoms with Crippen molar-refractivity contribution in [1.82, 2.24) is 10.2 Å². The fourth-order valence-electron chi connectivity index (χ4n) is 1.73. The van der Waals surface area contributed by atoms with Gasteiger partial charge in [0.05, 0.1) is 6.54 Å². The molecule has 1 aromatic carbocycles. The van der Waals surface area contributed by atoms with Crippen molar-refractivity contribution in [2.24, 2.45) is 0 Å². The van der Waals surface area contributed by atoms with Crippen molar-refractivity contribution >= 4 is 41.1 Å². The first-order chi connectivity index (χ1) is 9.06. The van der Waals surface area contributed by atoms with Crippen LogP contribution in [-0.2, 0) is 9.59 Å². The number of benzene rings is 1. The lowest BCUT2D eigenvalue weighted by Gasteiger charge is -2.25. The molecule has 6 heteroatoms. The van der Waals surface area contributed by atoms with Crippen molar-refractivity contribution in [2.75, 3.05) is 19.6 Å². The minimum absolute atomic E-state index is 0.0948. The second kappa shape index (κ2) is 6.08. The van der Waals surface area contributed by atoms with Crippen LogP contribution in [0.15, 0.2) is 24.3 Å². The van der Waals surface area contributed by atoms with E-state index in [4.69, 9.17) is 23.2 Å². The highest BCUT2D eigenvalue weighted by molar-refractivity contribution is 6.35. The molecule has 4 nitrogen and oxygen atoms in total. The van der Waals surface area contributed by atoms with E-state index in [2.05, 4.69) is 5.32 Å². The van der Waals surface area contributed by atoms with Crippen LogP contribution >= 0.6 is 23.2 Å². The molecule has 1 fully saturated rings. The topological polar surface area (TPSA) is 49.4 Å². The van der Waals surface area contributed by atoms with Crippen molar-refractivity contribution in [3.05, 3.63) is 39.9 Å². The fourth-order valence-corrected chi connectivity index (χ4v) is 2.20. The summed E-state index contributed by atoms with van der Waals surface area (Å²) in [6.07, 6.45) is 3.03. The van der Waals surface area contributed by atoms with Crippen LogP contribution in [0.4, 0.5) is 0 Å². The molecule has 1 aromatic rings. The molecule has 1 aliphatic rings. The fraction of sp³-hybridized carbons (Fsp3) is 0.231. The normalized spacial score (nSPS) is 15.7. The standard InChI is InChI=1S/C13H12Cl2N2O2/c14-10-3-1-9(11(15)7-10)2-4-13(19)17-6-5-16-12(18)8-17/h1-4,7H,5-6,8H2,(H,16,18)/b4-2-. The van der Waals surface area contributed by atoms with Gasteiger partial charge >= 0.3 is 0 Å². The van der Waals surface area contributed by atoms with Crippen LogP contribution in [0.3, 0.4) is 0 Å². The summed E-state index contributed by atoms with van der Waals surface area (Å²) in [5.74, 6) is -0.349. The molecule has 2 amide bonds. The van der Waals surface area contributed by atoms with Crippen LogP contribution in [0.1, 0.15) is 5.56 Å². The predicted octanol–water partition coefficient (Wildman–Crippen LogP) is 1.97. The van der Waals surface area contributed by atoms with E-state index >= 15 is 0 Å². The highest BCUT2D eigenvalue weighted by Crippen LogP contribution is 2.22. The maximum absolute atomic E-state index is 11.9. The van der Waals surface area contributed by atoms with Gasteiger partial charge in [0, 0.05) is 29.2 Å². The van der Waals surface area contributed by atoms with E-state index in [0.717, 1.165) is 0 Å². The van der Waals surface area contributed by atoms with Gasteiger partial charge in [-0.25, -0.2) is 0 Å². The van der Waals surface area contributed by atoms with Crippen LogP contribution in [0, 0.1) is 0 Å². The zero-order valence-electron chi connectivity index (χ0n) is 10.0. The Morgan fingerprint density at radius 3 is 2.84 bits per heavy atom. The van der Waals surface area contributed by atoms with Crippen molar-refractivity contribution in [2.45, 2.75) is 0 Å². The number of rotatable bonds is 2. The van der Waals surface area contributed by atoms with Crippen LogP contribution in [0.25, 0.3) is 6.08 Å². The number of hydrogen-bond acceptors (Lipinski definition) is 2. The van der Waals surface area contributed by atoms with Gasteiger partial charge in [0.15, 0.2) is 0 Å². The summed E-state index contributed by atoms with van der Waals surface area (Å²) in [7, 11) is 0. The third kappa shape index (κ3) is 3.72. The van der Waals surface area contributed by atoms with Gasteiger partial charge in [0.2, 0.25) is 11.8 Å². The van der Waals surface area contributed by atoms with E-state index in [1.54, 1.807) is 24.3 Å². The maximum atomic E-state index is 11.9. The Balaban J connectivity index is 2.05. The van der Waals surface area contributed by atoms with Crippen molar-refractivity contribution in [1.29, 1.82) is 0 Å². The number of carbonyl (C=O) groups excluding carboxylic acids is 2. The number of hydrogen-bond donors (Lipinski definition) is 1. The molecule has 0 spiro atoms. The third-order valence-electron chi connectivity index (χ3n) is 2.72. The van der Waals surface area contributed by atoms with Gasteiger partial charge in [0.25, 0.3) is 0 Å². The molecule has 0 aromatic heterocycles. The summed E-state index contributed by atoms with van der Waals surface area (Å²) in [4.78, 5) is 24.5. The van der Waals surface area contributed by atoms with Crippen LogP contribution in [-0.4, -0.2) is 36.3 Å². The molecular formula is C13H12Cl2N2O2. The molecular weight excluding hydrogens is 287 g/mol. The van der Waals surface area contributed by atoms with Crippen LogP contribution in [0.5, 0.6) is 0 Å². The minimum Gasteiger partial charge on any atom is -0.353 e. The third-order valence-corrected chi connectivity index (χ3v) is 3.28. The van der Waals surface area contributed by atoms with E-state index in [9.17, 15) is 9.59 Å². The molecule has 2 rings (SSSR count). The largest absolute Gasteiger partial charge is 0.353 e. The highest BCUT2D eigenvalue weighted by atomic mass is 35.5. The summed E-state index contributed by atoms with van der Waals surface area (Å²) in [5, 5.41) is 3.69. The summed E-state index contributed by atoms with van der Waals surface area (Å²) in [6.45, 7) is 1.10. The quantitative estimate of drug-likeness (QED) is 0.849. The van der Waals surface area contributed by atoms with E-state index in [0.29, 0.717) is 28.7 Å². The van der Waals surface area contributed by atoms with E-state index in [1.807, 2.05) is 0 Å². The molecule has 1 heterocycles. The molecule has 0 aliphatic carbocycles. The number of nitrogens with one attached hydrogen (secondary N) is 1. The van der Waals surface area contributed by atoms with Crippen LogP contribution < -0.4 is 5.32 Å². The van der Waals surface area contributed by atoms with Crippen LogP contribution in [0.2, 0.25) is 10.0 Å². The Kier molecular flexibility index (Phi) is 4.45. The molecule has 1 aliphatic heterocycles. The zero-order chi connectivity index (χ0) is 13.8. The first kappa shape index (κ1) is 13.9. The monoisotopic (exact) mass is 298 g/mol. The SMILES string of the molecule is O=C1CN(C(=O)/C=C\c2ccc(Cl)cc2Cl)CCN1. The molecule has 100 valence electrons. The Bertz CT molecular complexity index is 543. The van der Waals surface area contributed by atoms with Crippen molar-refractivity contribution < 1.29 is 9.59 Å². The summed E-state index contributed by atoms with van der Waals surface area (Å²) in [5.41, 5.74) is 0.709. The number of halogens is 2. The second-order valence-corrected chi connectivity index (χ2v) is 4.95. The minimum atomic E-state index is -0.208. The van der Waals surface area contributed by atoms with Crippen molar-refractivity contribution in [3.8, 4) is 0 Å². The number of piperazine rings is 1. The maximum Gasteiger partial charge on any atom is 0.247 e. The molecule has 0 saturated carbocycles. The summed E-state index contributed by atoms with van der Waals surface area (Å²) < 4.78 is 0. The molecule has 0 radical (unpaired) electrons. The Morgan fingerprint density at radius 1 is 1.37 bits per heavy atom. The Hall–Kier alpha value is -1.52. The average molecular weight is 299 g/mol.